The van der Waals surface area contributed by atoms with Crippen molar-refractivity contribution in [1.82, 2.24) is 25.1 Å². The van der Waals surface area contributed by atoms with Crippen molar-refractivity contribution >= 4 is 11.7 Å². The van der Waals surface area contributed by atoms with Crippen LogP contribution in [0.3, 0.4) is 0 Å². The lowest BCUT2D eigenvalue weighted by Gasteiger charge is -2.27. The molecule has 2 aromatic heterocycles. The van der Waals surface area contributed by atoms with E-state index in [-0.39, 0.29) is 11.9 Å². The first-order chi connectivity index (χ1) is 15.5. The van der Waals surface area contributed by atoms with Crippen molar-refractivity contribution in [2.45, 2.75) is 58.9 Å². The van der Waals surface area contributed by atoms with Crippen LogP contribution >= 0.6 is 0 Å². The Morgan fingerprint density at radius 3 is 2.53 bits per heavy atom. The number of rotatable bonds is 7. The van der Waals surface area contributed by atoms with E-state index in [4.69, 9.17) is 5.10 Å². The van der Waals surface area contributed by atoms with Gasteiger partial charge in [0, 0.05) is 31.3 Å². The Bertz CT molecular complexity index is 1060. The summed E-state index contributed by atoms with van der Waals surface area (Å²) in [5, 5.41) is 7.82. The maximum atomic E-state index is 12.6. The van der Waals surface area contributed by atoms with Crippen LogP contribution in [-0.2, 0) is 11.2 Å². The highest BCUT2D eigenvalue weighted by atomic mass is 16.1. The van der Waals surface area contributed by atoms with E-state index in [9.17, 15) is 4.79 Å². The molecule has 1 aliphatic rings. The van der Waals surface area contributed by atoms with Crippen LogP contribution in [0, 0.1) is 13.8 Å². The Kier molecular flexibility index (Phi) is 6.83. The van der Waals surface area contributed by atoms with E-state index in [1.165, 1.54) is 19.3 Å². The smallest absolute Gasteiger partial charge is 0.220 e. The van der Waals surface area contributed by atoms with Gasteiger partial charge in [-0.1, -0.05) is 30.3 Å². The summed E-state index contributed by atoms with van der Waals surface area (Å²) in [5.74, 6) is 1.77. The predicted octanol–water partition coefficient (Wildman–Crippen LogP) is 4.08. The molecule has 0 spiro atoms. The third kappa shape index (κ3) is 4.98. The number of nitrogens with one attached hydrogen (secondary N) is 1. The van der Waals surface area contributed by atoms with Crippen LogP contribution < -0.4 is 10.2 Å². The van der Waals surface area contributed by atoms with Crippen molar-refractivity contribution < 1.29 is 4.79 Å². The Balaban J connectivity index is 1.43. The number of piperidine rings is 1. The van der Waals surface area contributed by atoms with Gasteiger partial charge in [-0.3, -0.25) is 4.79 Å². The van der Waals surface area contributed by atoms with E-state index < -0.39 is 0 Å². The molecule has 1 N–H and O–H groups in total. The zero-order valence-electron chi connectivity index (χ0n) is 19.2. The number of amides is 1. The van der Waals surface area contributed by atoms with Gasteiger partial charge in [-0.2, -0.15) is 5.10 Å². The Labute approximate surface area is 189 Å². The molecule has 3 heterocycles. The SMILES string of the molecule is Cc1nn(-c2cc(N3CCCCC3)ncn2)c(C)c1CCC(=O)N[C@H](C)c1ccccc1. The number of nitrogens with zero attached hydrogens (tertiary/aromatic N) is 5. The summed E-state index contributed by atoms with van der Waals surface area (Å²) in [6.45, 7) is 8.13. The first-order valence-corrected chi connectivity index (χ1v) is 11.5. The standard InChI is InChI=1S/C25H32N6O/c1-18(21-10-6-4-7-11-21)28-25(32)13-12-22-19(2)29-31(20(22)3)24-16-23(26-17-27-24)30-14-8-5-9-15-30/h4,6-7,10-11,16-18H,5,8-9,12-15H2,1-3H3,(H,28,32)/t18-/m1/s1. The molecule has 1 amide bonds. The van der Waals surface area contributed by atoms with Crippen LogP contribution in [0.25, 0.3) is 5.82 Å². The van der Waals surface area contributed by atoms with Crippen LogP contribution in [0.2, 0.25) is 0 Å². The molecule has 0 unspecified atom stereocenters. The zero-order valence-corrected chi connectivity index (χ0v) is 19.2. The van der Waals surface area contributed by atoms with Gasteiger partial charge in [0.2, 0.25) is 5.91 Å². The molecule has 0 aliphatic carbocycles. The molecular weight excluding hydrogens is 400 g/mol. The molecular formula is C25H32N6O. The topological polar surface area (TPSA) is 75.9 Å². The largest absolute Gasteiger partial charge is 0.356 e. The van der Waals surface area contributed by atoms with Crippen molar-refractivity contribution in [1.29, 1.82) is 0 Å². The third-order valence-electron chi connectivity index (χ3n) is 6.26. The second-order valence-electron chi connectivity index (χ2n) is 8.54. The predicted molar refractivity (Wildman–Crippen MR) is 126 cm³/mol. The molecule has 1 aromatic carbocycles. The maximum Gasteiger partial charge on any atom is 0.220 e. The molecule has 4 rings (SSSR count). The van der Waals surface area contributed by atoms with Crippen LogP contribution in [0.5, 0.6) is 0 Å². The van der Waals surface area contributed by atoms with Crippen LogP contribution in [0.1, 0.15) is 61.2 Å². The Morgan fingerprint density at radius 1 is 1.06 bits per heavy atom. The molecule has 168 valence electrons. The monoisotopic (exact) mass is 432 g/mol. The molecule has 1 saturated heterocycles. The number of anilines is 1. The normalized spacial score (nSPS) is 14.9. The molecule has 0 radical (unpaired) electrons. The summed E-state index contributed by atoms with van der Waals surface area (Å²) in [5.41, 5.74) is 4.17. The van der Waals surface area contributed by atoms with Gasteiger partial charge in [-0.05, 0) is 57.6 Å². The molecule has 3 aromatic rings. The maximum absolute atomic E-state index is 12.6. The van der Waals surface area contributed by atoms with E-state index in [1.807, 2.05) is 61.9 Å². The highest BCUT2D eigenvalue weighted by Crippen LogP contribution is 2.22. The Morgan fingerprint density at radius 2 is 1.78 bits per heavy atom. The molecule has 1 fully saturated rings. The second-order valence-corrected chi connectivity index (χ2v) is 8.54. The summed E-state index contributed by atoms with van der Waals surface area (Å²) in [6.07, 6.45) is 6.38. The zero-order chi connectivity index (χ0) is 22.5. The summed E-state index contributed by atoms with van der Waals surface area (Å²) in [7, 11) is 0. The van der Waals surface area contributed by atoms with E-state index >= 15 is 0 Å². The molecule has 0 bridgehead atoms. The summed E-state index contributed by atoms with van der Waals surface area (Å²) < 4.78 is 1.88. The molecule has 1 aliphatic heterocycles. The van der Waals surface area contributed by atoms with Crippen molar-refractivity contribution in [3.05, 3.63) is 65.2 Å². The van der Waals surface area contributed by atoms with E-state index in [1.54, 1.807) is 6.33 Å². The third-order valence-corrected chi connectivity index (χ3v) is 6.26. The van der Waals surface area contributed by atoms with Crippen LogP contribution in [-0.4, -0.2) is 38.7 Å². The lowest BCUT2D eigenvalue weighted by molar-refractivity contribution is -0.121. The number of hydrogen-bond donors (Lipinski definition) is 1. The molecule has 7 heteroatoms. The van der Waals surface area contributed by atoms with Crippen molar-refractivity contribution in [2.24, 2.45) is 0 Å². The van der Waals surface area contributed by atoms with Gasteiger partial charge < -0.3 is 10.2 Å². The summed E-state index contributed by atoms with van der Waals surface area (Å²) >= 11 is 0. The van der Waals surface area contributed by atoms with Crippen molar-refractivity contribution in [2.75, 3.05) is 18.0 Å². The average Bonchev–Trinajstić information content (AvgIpc) is 3.12. The van der Waals surface area contributed by atoms with Gasteiger partial charge in [0.05, 0.1) is 11.7 Å². The fourth-order valence-corrected chi connectivity index (χ4v) is 4.39. The van der Waals surface area contributed by atoms with Gasteiger partial charge in [-0.15, -0.1) is 0 Å². The van der Waals surface area contributed by atoms with Crippen LogP contribution in [0.15, 0.2) is 42.7 Å². The summed E-state index contributed by atoms with van der Waals surface area (Å²) in [4.78, 5) is 23.8. The first-order valence-electron chi connectivity index (χ1n) is 11.5. The molecule has 1 atom stereocenters. The highest BCUT2D eigenvalue weighted by Gasteiger charge is 2.18. The number of carbonyl (C=O) groups excluding carboxylic acids is 1. The van der Waals surface area contributed by atoms with E-state index in [2.05, 4.69) is 20.2 Å². The van der Waals surface area contributed by atoms with Gasteiger partial charge in [0.25, 0.3) is 0 Å². The quantitative estimate of drug-likeness (QED) is 0.609. The van der Waals surface area contributed by atoms with Crippen molar-refractivity contribution in [3.8, 4) is 5.82 Å². The van der Waals surface area contributed by atoms with Crippen LogP contribution in [0.4, 0.5) is 5.82 Å². The number of aryl methyl sites for hydroxylation is 1. The van der Waals surface area contributed by atoms with Gasteiger partial charge in [0.1, 0.15) is 12.1 Å². The minimum Gasteiger partial charge on any atom is -0.356 e. The summed E-state index contributed by atoms with van der Waals surface area (Å²) in [6, 6.07) is 12.0. The minimum absolute atomic E-state index is 0.0113. The van der Waals surface area contributed by atoms with Gasteiger partial charge in [0.15, 0.2) is 5.82 Å². The first kappa shape index (κ1) is 22.0. The number of aromatic nitrogens is 4. The number of benzene rings is 1. The van der Waals surface area contributed by atoms with Crippen molar-refractivity contribution in [3.63, 3.8) is 0 Å². The molecule has 7 nitrogen and oxygen atoms in total. The second kappa shape index (κ2) is 9.94. The van der Waals surface area contributed by atoms with Gasteiger partial charge >= 0.3 is 0 Å². The lowest BCUT2D eigenvalue weighted by Crippen LogP contribution is -2.30. The lowest BCUT2D eigenvalue weighted by atomic mass is 10.1. The average molecular weight is 433 g/mol. The highest BCUT2D eigenvalue weighted by molar-refractivity contribution is 5.76. The van der Waals surface area contributed by atoms with E-state index in [0.717, 1.165) is 47.2 Å². The fourth-order valence-electron chi connectivity index (χ4n) is 4.39. The minimum atomic E-state index is -0.0113. The van der Waals surface area contributed by atoms with Gasteiger partial charge in [-0.25, -0.2) is 14.6 Å². The van der Waals surface area contributed by atoms with E-state index in [0.29, 0.717) is 12.8 Å². The molecule has 32 heavy (non-hydrogen) atoms. The fraction of sp³-hybridized carbons (Fsp3) is 0.440. The Hall–Kier alpha value is -3.22. The number of carbonyl (C=O) groups is 1. The molecule has 0 saturated carbocycles. The number of hydrogen-bond acceptors (Lipinski definition) is 5.